The summed E-state index contributed by atoms with van der Waals surface area (Å²) >= 11 is 0. The molecule has 3 nitrogen and oxygen atoms in total. The third-order valence-corrected chi connectivity index (χ3v) is 3.62. The topological polar surface area (TPSA) is 29.9 Å². The van der Waals surface area contributed by atoms with Gasteiger partial charge in [-0.15, -0.1) is 0 Å². The van der Waals surface area contributed by atoms with Gasteiger partial charge in [-0.2, -0.15) is 5.10 Å². The monoisotopic (exact) mass is 241 g/mol. The first-order chi connectivity index (χ1) is 8.93. The van der Waals surface area contributed by atoms with Crippen molar-refractivity contribution in [1.29, 1.82) is 0 Å². The standard InChI is InChI=1S/C15H19N3/c1-2-7-13(8-3-1)17-14-9-4-5-10-15(14)18-12-6-11-16-18/h4-6,9-13,17H,1-3,7-8H2. The lowest BCUT2D eigenvalue weighted by Gasteiger charge is -2.25. The van der Waals surface area contributed by atoms with Gasteiger partial charge in [0, 0.05) is 18.4 Å². The maximum absolute atomic E-state index is 4.32. The van der Waals surface area contributed by atoms with Crippen LogP contribution >= 0.6 is 0 Å². The van der Waals surface area contributed by atoms with Gasteiger partial charge in [0.1, 0.15) is 0 Å². The second-order valence-corrected chi connectivity index (χ2v) is 4.95. The molecule has 1 N–H and O–H groups in total. The fraction of sp³-hybridized carbons (Fsp3) is 0.400. The summed E-state index contributed by atoms with van der Waals surface area (Å²) in [5.74, 6) is 0. The summed E-state index contributed by atoms with van der Waals surface area (Å²) in [5.41, 5.74) is 2.32. The van der Waals surface area contributed by atoms with Crippen LogP contribution in [0.15, 0.2) is 42.7 Å². The molecule has 18 heavy (non-hydrogen) atoms. The van der Waals surface area contributed by atoms with Gasteiger partial charge in [-0.05, 0) is 31.0 Å². The van der Waals surface area contributed by atoms with Gasteiger partial charge in [0.15, 0.2) is 0 Å². The summed E-state index contributed by atoms with van der Waals surface area (Å²) in [4.78, 5) is 0. The van der Waals surface area contributed by atoms with Gasteiger partial charge in [-0.1, -0.05) is 31.4 Å². The van der Waals surface area contributed by atoms with Gasteiger partial charge in [-0.3, -0.25) is 0 Å². The lowest BCUT2D eigenvalue weighted by molar-refractivity contribution is 0.462. The molecule has 3 rings (SSSR count). The van der Waals surface area contributed by atoms with E-state index in [4.69, 9.17) is 0 Å². The number of benzene rings is 1. The van der Waals surface area contributed by atoms with Crippen molar-refractivity contribution in [3.63, 3.8) is 0 Å². The molecule has 0 spiro atoms. The second-order valence-electron chi connectivity index (χ2n) is 4.95. The Labute approximate surface area is 108 Å². The van der Waals surface area contributed by atoms with E-state index in [1.54, 1.807) is 0 Å². The molecular weight excluding hydrogens is 222 g/mol. The molecular formula is C15H19N3. The first kappa shape index (κ1) is 11.3. The van der Waals surface area contributed by atoms with Crippen molar-refractivity contribution < 1.29 is 0 Å². The van der Waals surface area contributed by atoms with E-state index in [0.29, 0.717) is 6.04 Å². The third-order valence-electron chi connectivity index (χ3n) is 3.62. The largest absolute Gasteiger partial charge is 0.381 e. The van der Waals surface area contributed by atoms with Crippen LogP contribution in [0.1, 0.15) is 32.1 Å². The Morgan fingerprint density at radius 3 is 2.67 bits per heavy atom. The predicted molar refractivity (Wildman–Crippen MR) is 74.1 cm³/mol. The highest BCUT2D eigenvalue weighted by Crippen LogP contribution is 2.25. The average molecular weight is 241 g/mol. The second kappa shape index (κ2) is 5.25. The summed E-state index contributed by atoms with van der Waals surface area (Å²) in [6.45, 7) is 0. The Hall–Kier alpha value is -1.77. The zero-order chi connectivity index (χ0) is 12.2. The number of nitrogens with zero attached hydrogens (tertiary/aromatic N) is 2. The van der Waals surface area contributed by atoms with Crippen LogP contribution in [0.5, 0.6) is 0 Å². The Morgan fingerprint density at radius 1 is 1.06 bits per heavy atom. The summed E-state index contributed by atoms with van der Waals surface area (Å²) in [5, 5.41) is 7.99. The van der Waals surface area contributed by atoms with Crippen LogP contribution in [0, 0.1) is 0 Å². The molecule has 0 aliphatic heterocycles. The lowest BCUT2D eigenvalue weighted by atomic mass is 9.95. The van der Waals surface area contributed by atoms with Crippen LogP contribution in [0.25, 0.3) is 5.69 Å². The van der Waals surface area contributed by atoms with E-state index in [-0.39, 0.29) is 0 Å². The molecule has 1 saturated carbocycles. The van der Waals surface area contributed by atoms with Crippen LogP contribution in [0.4, 0.5) is 5.69 Å². The maximum Gasteiger partial charge on any atom is 0.0876 e. The highest BCUT2D eigenvalue weighted by molar-refractivity contribution is 5.61. The van der Waals surface area contributed by atoms with Crippen LogP contribution in [-0.4, -0.2) is 15.8 Å². The van der Waals surface area contributed by atoms with Gasteiger partial charge in [-0.25, -0.2) is 4.68 Å². The molecule has 0 atom stereocenters. The Kier molecular flexibility index (Phi) is 3.31. The molecule has 1 aromatic heterocycles. The van der Waals surface area contributed by atoms with E-state index in [1.807, 2.05) is 23.1 Å². The number of hydrogen-bond donors (Lipinski definition) is 1. The number of anilines is 1. The number of para-hydroxylation sites is 2. The molecule has 2 aromatic rings. The molecule has 0 amide bonds. The smallest absolute Gasteiger partial charge is 0.0876 e. The van der Waals surface area contributed by atoms with Crippen molar-refractivity contribution >= 4 is 5.69 Å². The molecule has 3 heteroatoms. The van der Waals surface area contributed by atoms with Crippen LogP contribution < -0.4 is 5.32 Å². The number of rotatable bonds is 3. The van der Waals surface area contributed by atoms with Crippen molar-refractivity contribution in [3.05, 3.63) is 42.7 Å². The van der Waals surface area contributed by atoms with Crippen LogP contribution in [0.2, 0.25) is 0 Å². The number of nitrogens with one attached hydrogen (secondary N) is 1. The summed E-state index contributed by atoms with van der Waals surface area (Å²) in [6.07, 6.45) is 10.5. The van der Waals surface area contributed by atoms with E-state index in [0.717, 1.165) is 5.69 Å². The lowest BCUT2D eigenvalue weighted by Crippen LogP contribution is -2.23. The number of hydrogen-bond acceptors (Lipinski definition) is 2. The normalized spacial score (nSPS) is 16.7. The van der Waals surface area contributed by atoms with E-state index in [1.165, 1.54) is 37.8 Å². The average Bonchev–Trinajstić information content (AvgIpc) is 2.94. The van der Waals surface area contributed by atoms with Gasteiger partial charge >= 0.3 is 0 Å². The molecule has 1 aliphatic rings. The van der Waals surface area contributed by atoms with E-state index < -0.39 is 0 Å². The van der Waals surface area contributed by atoms with Crippen molar-refractivity contribution in [1.82, 2.24) is 9.78 Å². The van der Waals surface area contributed by atoms with Crippen molar-refractivity contribution in [2.45, 2.75) is 38.1 Å². The fourth-order valence-corrected chi connectivity index (χ4v) is 2.67. The van der Waals surface area contributed by atoms with E-state index in [9.17, 15) is 0 Å². The Morgan fingerprint density at radius 2 is 1.89 bits per heavy atom. The minimum Gasteiger partial charge on any atom is -0.381 e. The van der Waals surface area contributed by atoms with E-state index >= 15 is 0 Å². The summed E-state index contributed by atoms with van der Waals surface area (Å²) < 4.78 is 1.92. The van der Waals surface area contributed by atoms with Crippen LogP contribution in [-0.2, 0) is 0 Å². The highest BCUT2D eigenvalue weighted by Gasteiger charge is 2.14. The zero-order valence-corrected chi connectivity index (χ0v) is 10.5. The van der Waals surface area contributed by atoms with Crippen molar-refractivity contribution in [3.8, 4) is 5.69 Å². The van der Waals surface area contributed by atoms with Crippen molar-refractivity contribution in [2.75, 3.05) is 5.32 Å². The third kappa shape index (κ3) is 2.40. The van der Waals surface area contributed by atoms with Gasteiger partial charge in [0.2, 0.25) is 0 Å². The predicted octanol–water partition coefficient (Wildman–Crippen LogP) is 3.62. The minimum absolute atomic E-state index is 0.621. The molecule has 0 radical (unpaired) electrons. The quantitative estimate of drug-likeness (QED) is 0.889. The molecule has 1 heterocycles. The van der Waals surface area contributed by atoms with E-state index in [2.05, 4.69) is 34.7 Å². The fourth-order valence-electron chi connectivity index (χ4n) is 2.67. The molecule has 0 unspecified atom stereocenters. The molecule has 0 bridgehead atoms. The molecule has 1 fully saturated rings. The summed E-state index contributed by atoms with van der Waals surface area (Å²) in [7, 11) is 0. The maximum atomic E-state index is 4.32. The molecule has 1 aromatic carbocycles. The molecule has 1 aliphatic carbocycles. The summed E-state index contributed by atoms with van der Waals surface area (Å²) in [6, 6.07) is 11.0. The molecule has 0 saturated heterocycles. The Bertz CT molecular complexity index is 484. The van der Waals surface area contributed by atoms with Gasteiger partial charge in [0.05, 0.1) is 11.4 Å². The first-order valence-electron chi connectivity index (χ1n) is 6.79. The minimum atomic E-state index is 0.621. The molecule has 94 valence electrons. The van der Waals surface area contributed by atoms with Gasteiger partial charge in [0.25, 0.3) is 0 Å². The van der Waals surface area contributed by atoms with Gasteiger partial charge < -0.3 is 5.32 Å². The Balaban J connectivity index is 1.83. The van der Waals surface area contributed by atoms with Crippen molar-refractivity contribution in [2.24, 2.45) is 0 Å². The number of aromatic nitrogens is 2. The zero-order valence-electron chi connectivity index (χ0n) is 10.5. The first-order valence-corrected chi connectivity index (χ1v) is 6.79. The van der Waals surface area contributed by atoms with Crippen LogP contribution in [0.3, 0.4) is 0 Å². The SMILES string of the molecule is c1ccc(-n2cccn2)c(NC2CCCCC2)c1. The highest BCUT2D eigenvalue weighted by atomic mass is 15.3.